The van der Waals surface area contributed by atoms with Gasteiger partial charge in [0.05, 0.1) is 18.0 Å². The molecule has 2 heterocycles. The molecule has 0 unspecified atom stereocenters. The van der Waals surface area contributed by atoms with E-state index < -0.39 is 0 Å². The summed E-state index contributed by atoms with van der Waals surface area (Å²) in [6, 6.07) is 8.19. The van der Waals surface area contributed by atoms with Crippen LogP contribution in [0.5, 0.6) is 0 Å². The molecule has 1 fully saturated rings. The fourth-order valence-corrected chi connectivity index (χ4v) is 4.00. The number of carbonyl (C=O) groups excluding carboxylic acids is 1. The molecule has 0 saturated carbocycles. The Kier molecular flexibility index (Phi) is 5.44. The molecule has 0 N–H and O–H groups in total. The zero-order valence-corrected chi connectivity index (χ0v) is 15.9. The first-order chi connectivity index (χ1) is 11.9. The van der Waals surface area contributed by atoms with Crippen molar-refractivity contribution in [3.05, 3.63) is 35.7 Å². The van der Waals surface area contributed by atoms with Crippen LogP contribution in [0.1, 0.15) is 25.2 Å². The van der Waals surface area contributed by atoms with Crippen LogP contribution < -0.4 is 0 Å². The number of amides is 1. The van der Waals surface area contributed by atoms with Crippen molar-refractivity contribution >= 4 is 17.7 Å². The third-order valence-electron chi connectivity index (χ3n) is 4.15. The van der Waals surface area contributed by atoms with E-state index in [1.54, 1.807) is 0 Å². The Morgan fingerprint density at radius 2 is 1.96 bits per heavy atom. The van der Waals surface area contributed by atoms with Crippen LogP contribution in [0.25, 0.3) is 5.69 Å². The van der Waals surface area contributed by atoms with Crippen LogP contribution in [0.15, 0.2) is 29.4 Å². The molecule has 2 aromatic rings. The standard InChI is InChI=1S/C18H24N4O2S/c1-12-6-5-7-16(8-12)22-15(4)19-20-18(22)25-11-17(23)21-9-13(2)24-14(3)10-21/h5-8,13-14H,9-11H2,1-4H3/t13-,14-/m1/s1. The molecule has 1 aromatic heterocycles. The number of carbonyl (C=O) groups is 1. The summed E-state index contributed by atoms with van der Waals surface area (Å²) in [5.74, 6) is 1.28. The van der Waals surface area contributed by atoms with Gasteiger partial charge in [-0.2, -0.15) is 0 Å². The molecule has 0 radical (unpaired) electrons. The minimum Gasteiger partial charge on any atom is -0.372 e. The van der Waals surface area contributed by atoms with Gasteiger partial charge in [-0.3, -0.25) is 9.36 Å². The van der Waals surface area contributed by atoms with Gasteiger partial charge in [0, 0.05) is 18.8 Å². The maximum Gasteiger partial charge on any atom is 0.233 e. The number of benzene rings is 1. The normalized spacial score (nSPS) is 20.7. The number of aryl methyl sites for hydroxylation is 2. The van der Waals surface area contributed by atoms with Crippen molar-refractivity contribution in [2.45, 2.75) is 45.1 Å². The van der Waals surface area contributed by atoms with Crippen molar-refractivity contribution < 1.29 is 9.53 Å². The number of rotatable bonds is 4. The van der Waals surface area contributed by atoms with Crippen molar-refractivity contribution in [1.29, 1.82) is 0 Å². The van der Waals surface area contributed by atoms with Gasteiger partial charge >= 0.3 is 0 Å². The minimum atomic E-state index is 0.0795. The Morgan fingerprint density at radius 3 is 2.64 bits per heavy atom. The zero-order chi connectivity index (χ0) is 18.0. The van der Waals surface area contributed by atoms with Crippen molar-refractivity contribution in [3.8, 4) is 5.69 Å². The van der Waals surface area contributed by atoms with Crippen molar-refractivity contribution in [2.75, 3.05) is 18.8 Å². The van der Waals surface area contributed by atoms with E-state index in [-0.39, 0.29) is 18.1 Å². The Labute approximate surface area is 152 Å². The summed E-state index contributed by atoms with van der Waals surface area (Å²) in [5.41, 5.74) is 2.19. The summed E-state index contributed by atoms with van der Waals surface area (Å²) >= 11 is 1.43. The van der Waals surface area contributed by atoms with Crippen LogP contribution in [-0.4, -0.2) is 56.6 Å². The number of hydrogen-bond donors (Lipinski definition) is 0. The molecule has 6 nitrogen and oxygen atoms in total. The van der Waals surface area contributed by atoms with Crippen LogP contribution >= 0.6 is 11.8 Å². The summed E-state index contributed by atoms with van der Waals surface area (Å²) in [4.78, 5) is 14.4. The highest BCUT2D eigenvalue weighted by Crippen LogP contribution is 2.23. The van der Waals surface area contributed by atoms with E-state index in [4.69, 9.17) is 4.74 Å². The molecule has 0 bridgehead atoms. The zero-order valence-electron chi connectivity index (χ0n) is 15.1. The second kappa shape index (κ2) is 7.58. The lowest BCUT2D eigenvalue weighted by atomic mass is 10.2. The number of aromatic nitrogens is 3. The maximum atomic E-state index is 12.6. The third kappa shape index (κ3) is 4.22. The minimum absolute atomic E-state index is 0.0795. The largest absolute Gasteiger partial charge is 0.372 e. The van der Waals surface area contributed by atoms with Crippen molar-refractivity contribution in [3.63, 3.8) is 0 Å². The van der Waals surface area contributed by atoms with Gasteiger partial charge in [-0.25, -0.2) is 0 Å². The molecule has 0 aliphatic carbocycles. The second-order valence-corrected chi connectivity index (χ2v) is 7.49. The van der Waals surface area contributed by atoms with Crippen molar-refractivity contribution in [2.24, 2.45) is 0 Å². The Morgan fingerprint density at radius 1 is 1.24 bits per heavy atom. The molecule has 1 aliphatic rings. The second-order valence-electron chi connectivity index (χ2n) is 6.55. The number of hydrogen-bond acceptors (Lipinski definition) is 5. The first kappa shape index (κ1) is 17.9. The molecule has 1 aromatic carbocycles. The topological polar surface area (TPSA) is 60.2 Å². The fourth-order valence-electron chi connectivity index (χ4n) is 3.10. The predicted octanol–water partition coefficient (Wildman–Crippen LogP) is 2.61. The van der Waals surface area contributed by atoms with E-state index >= 15 is 0 Å². The molecule has 134 valence electrons. The number of morpholine rings is 1. The smallest absolute Gasteiger partial charge is 0.233 e. The molecular formula is C18H24N4O2S. The van der Waals surface area contributed by atoms with Gasteiger partial charge in [0.15, 0.2) is 5.16 Å². The lowest BCUT2D eigenvalue weighted by Crippen LogP contribution is -2.48. The van der Waals surface area contributed by atoms with Gasteiger partial charge in [0.2, 0.25) is 5.91 Å². The summed E-state index contributed by atoms with van der Waals surface area (Å²) in [7, 11) is 0. The molecule has 0 spiro atoms. The van der Waals surface area contributed by atoms with Gasteiger partial charge in [0.25, 0.3) is 0 Å². The molecule has 25 heavy (non-hydrogen) atoms. The van der Waals surface area contributed by atoms with E-state index in [9.17, 15) is 4.79 Å². The Balaban J connectivity index is 1.71. The molecule has 3 rings (SSSR count). The van der Waals surface area contributed by atoms with Crippen LogP contribution in [0.4, 0.5) is 0 Å². The lowest BCUT2D eigenvalue weighted by Gasteiger charge is -2.35. The van der Waals surface area contributed by atoms with Gasteiger partial charge in [0.1, 0.15) is 5.82 Å². The Bertz CT molecular complexity index is 751. The highest BCUT2D eigenvalue weighted by molar-refractivity contribution is 7.99. The molecule has 1 aliphatic heterocycles. The molecule has 7 heteroatoms. The van der Waals surface area contributed by atoms with E-state index in [1.165, 1.54) is 17.3 Å². The van der Waals surface area contributed by atoms with E-state index in [1.807, 2.05) is 42.4 Å². The van der Waals surface area contributed by atoms with E-state index in [2.05, 4.69) is 29.3 Å². The first-order valence-corrected chi connectivity index (χ1v) is 9.47. The maximum absolute atomic E-state index is 12.6. The summed E-state index contributed by atoms with van der Waals surface area (Å²) < 4.78 is 7.69. The van der Waals surface area contributed by atoms with Crippen LogP contribution in [0.3, 0.4) is 0 Å². The van der Waals surface area contributed by atoms with E-state index in [0.717, 1.165) is 16.7 Å². The van der Waals surface area contributed by atoms with Gasteiger partial charge in [-0.15, -0.1) is 10.2 Å². The monoisotopic (exact) mass is 360 g/mol. The van der Waals surface area contributed by atoms with Gasteiger partial charge < -0.3 is 9.64 Å². The summed E-state index contributed by atoms with van der Waals surface area (Å²) in [5, 5.41) is 9.18. The fraction of sp³-hybridized carbons (Fsp3) is 0.500. The molecule has 1 saturated heterocycles. The number of nitrogens with zero attached hydrogens (tertiary/aromatic N) is 4. The molecule has 1 amide bonds. The Hall–Kier alpha value is -1.86. The van der Waals surface area contributed by atoms with Crippen LogP contribution in [0, 0.1) is 13.8 Å². The number of ether oxygens (including phenoxy) is 1. The number of thioether (sulfide) groups is 1. The summed E-state index contributed by atoms with van der Waals surface area (Å²) in [6.07, 6.45) is 0.159. The lowest BCUT2D eigenvalue weighted by molar-refractivity contribution is -0.140. The van der Waals surface area contributed by atoms with Gasteiger partial charge in [-0.05, 0) is 45.4 Å². The quantitative estimate of drug-likeness (QED) is 0.785. The highest BCUT2D eigenvalue weighted by atomic mass is 32.2. The third-order valence-corrected chi connectivity index (χ3v) is 5.07. The average Bonchev–Trinajstić information content (AvgIpc) is 2.92. The van der Waals surface area contributed by atoms with Crippen molar-refractivity contribution in [1.82, 2.24) is 19.7 Å². The molecular weight excluding hydrogens is 336 g/mol. The van der Waals surface area contributed by atoms with Crippen LogP contribution in [0.2, 0.25) is 0 Å². The molecule has 2 atom stereocenters. The van der Waals surface area contributed by atoms with Crippen LogP contribution in [-0.2, 0) is 9.53 Å². The highest BCUT2D eigenvalue weighted by Gasteiger charge is 2.26. The predicted molar refractivity (Wildman–Crippen MR) is 98.1 cm³/mol. The van der Waals surface area contributed by atoms with Gasteiger partial charge in [-0.1, -0.05) is 23.9 Å². The average molecular weight is 360 g/mol. The SMILES string of the molecule is Cc1cccc(-n2c(C)nnc2SCC(=O)N2C[C@@H](C)O[C@H](C)C2)c1. The summed E-state index contributed by atoms with van der Waals surface area (Å²) in [6.45, 7) is 9.27. The first-order valence-electron chi connectivity index (χ1n) is 8.49. The van der Waals surface area contributed by atoms with E-state index in [0.29, 0.717) is 18.8 Å².